The zero-order chi connectivity index (χ0) is 34.1. The van der Waals surface area contributed by atoms with Gasteiger partial charge in [0.2, 0.25) is 0 Å². The van der Waals surface area contributed by atoms with E-state index in [4.69, 9.17) is 19.7 Å². The highest BCUT2D eigenvalue weighted by Crippen LogP contribution is 2.39. The van der Waals surface area contributed by atoms with Gasteiger partial charge in [-0.15, -0.1) is 0 Å². The van der Waals surface area contributed by atoms with Crippen molar-refractivity contribution in [3.05, 3.63) is 68.6 Å². The van der Waals surface area contributed by atoms with Crippen LogP contribution in [0.15, 0.2) is 57.5 Å². The van der Waals surface area contributed by atoms with Gasteiger partial charge in [0.1, 0.15) is 11.2 Å². The van der Waals surface area contributed by atoms with Crippen LogP contribution in [0.5, 0.6) is 0 Å². The van der Waals surface area contributed by atoms with E-state index in [-0.39, 0.29) is 49.3 Å². The molecule has 2 aliphatic heterocycles. The summed E-state index contributed by atoms with van der Waals surface area (Å²) in [6.45, 7) is 14.0. The standard InChI is InChI=1S/2C18H26BrNO3/c2*1-13(2)18(9-4-12-21)10-11-20(17(22)23-18)14(3)15-5-7-16(19)8-6-15/h2*5-8,13-14,21H,4,9-12H2,1-3H3/t2*14-,18?/m00/s1. The number of aliphatic hydroxyl groups is 2. The number of carbonyl (C=O) groups is 2. The molecule has 2 heterocycles. The summed E-state index contributed by atoms with van der Waals surface area (Å²) in [5.41, 5.74) is 1.29. The van der Waals surface area contributed by atoms with E-state index in [1.54, 1.807) is 9.80 Å². The number of halogens is 2. The van der Waals surface area contributed by atoms with Gasteiger partial charge in [0, 0.05) is 48.1 Å². The maximum Gasteiger partial charge on any atom is 0.410 e. The van der Waals surface area contributed by atoms with Gasteiger partial charge in [-0.05, 0) is 86.8 Å². The maximum atomic E-state index is 12.6. The van der Waals surface area contributed by atoms with Crippen LogP contribution < -0.4 is 0 Å². The predicted molar refractivity (Wildman–Crippen MR) is 188 cm³/mol. The highest BCUT2D eigenvalue weighted by Gasteiger charge is 2.45. The molecule has 4 atom stereocenters. The fourth-order valence-electron chi connectivity index (χ4n) is 6.41. The lowest BCUT2D eigenvalue weighted by molar-refractivity contribution is -0.0898. The molecule has 2 saturated heterocycles. The van der Waals surface area contributed by atoms with Crippen molar-refractivity contribution in [3.63, 3.8) is 0 Å². The number of ether oxygens (including phenoxy) is 2. The van der Waals surface area contributed by atoms with E-state index in [0.29, 0.717) is 38.8 Å². The third-order valence-electron chi connectivity index (χ3n) is 9.86. The molecule has 46 heavy (non-hydrogen) atoms. The van der Waals surface area contributed by atoms with E-state index in [9.17, 15) is 9.59 Å². The largest absolute Gasteiger partial charge is 0.442 e. The van der Waals surface area contributed by atoms with Crippen molar-refractivity contribution < 1.29 is 29.3 Å². The van der Waals surface area contributed by atoms with Crippen LogP contribution in [0.4, 0.5) is 9.59 Å². The number of amides is 2. The fraction of sp³-hybridized carbons (Fsp3) is 0.611. The number of carbonyl (C=O) groups excluding carboxylic acids is 2. The second kappa shape index (κ2) is 17.3. The van der Waals surface area contributed by atoms with Crippen LogP contribution >= 0.6 is 31.9 Å². The van der Waals surface area contributed by atoms with Gasteiger partial charge in [0.05, 0.1) is 12.1 Å². The molecular weight excluding hydrogens is 716 g/mol. The minimum absolute atomic E-state index is 0.0152. The molecule has 2 amide bonds. The van der Waals surface area contributed by atoms with Crippen LogP contribution in [0, 0.1) is 11.8 Å². The normalized spacial score (nSPS) is 23.0. The summed E-state index contributed by atoms with van der Waals surface area (Å²) in [5, 5.41) is 18.2. The molecule has 0 spiro atoms. The Morgan fingerprint density at radius 2 is 0.978 bits per heavy atom. The average Bonchev–Trinajstić information content (AvgIpc) is 3.03. The Kier molecular flexibility index (Phi) is 14.4. The second-order valence-electron chi connectivity index (χ2n) is 13.2. The van der Waals surface area contributed by atoms with Gasteiger partial charge in [0.25, 0.3) is 0 Å². The molecule has 0 bridgehead atoms. The van der Waals surface area contributed by atoms with Crippen molar-refractivity contribution in [2.75, 3.05) is 26.3 Å². The first-order chi connectivity index (χ1) is 21.8. The number of cyclic esters (lactones) is 2. The Labute approximate surface area is 292 Å². The van der Waals surface area contributed by atoms with E-state index < -0.39 is 11.2 Å². The van der Waals surface area contributed by atoms with Crippen molar-refractivity contribution in [1.29, 1.82) is 0 Å². The molecule has 4 rings (SSSR count). The zero-order valence-electron chi connectivity index (χ0n) is 28.2. The van der Waals surface area contributed by atoms with Crippen LogP contribution in [0.2, 0.25) is 0 Å². The lowest BCUT2D eigenvalue weighted by Gasteiger charge is -2.45. The number of benzene rings is 2. The van der Waals surface area contributed by atoms with Crippen molar-refractivity contribution in [2.45, 2.75) is 103 Å². The lowest BCUT2D eigenvalue weighted by Crippen LogP contribution is -2.52. The minimum atomic E-state index is -0.449. The zero-order valence-corrected chi connectivity index (χ0v) is 31.3. The molecule has 0 saturated carbocycles. The van der Waals surface area contributed by atoms with Gasteiger partial charge in [-0.25, -0.2) is 9.59 Å². The Balaban J connectivity index is 0.000000250. The molecule has 10 heteroatoms. The number of rotatable bonds is 12. The first kappa shape index (κ1) is 38.3. The minimum Gasteiger partial charge on any atom is -0.442 e. The molecule has 2 aromatic rings. The van der Waals surface area contributed by atoms with Gasteiger partial charge < -0.3 is 29.5 Å². The van der Waals surface area contributed by atoms with Crippen molar-refractivity contribution in [3.8, 4) is 0 Å². The summed E-state index contributed by atoms with van der Waals surface area (Å²) in [5.74, 6) is 0.478. The molecule has 8 nitrogen and oxygen atoms in total. The SMILES string of the molecule is CC(C)C1(CCCO)CCN([C@@H](C)c2ccc(Br)cc2)C(=O)O1.CC(C)C1(CCCO)CCN([C@@H](C)c2ccc(Br)cc2)C(=O)O1. The molecule has 256 valence electrons. The molecule has 0 aliphatic carbocycles. The third-order valence-corrected chi connectivity index (χ3v) is 10.9. The fourth-order valence-corrected chi connectivity index (χ4v) is 6.94. The monoisotopic (exact) mass is 766 g/mol. The highest BCUT2D eigenvalue weighted by molar-refractivity contribution is 9.10. The quantitative estimate of drug-likeness (QED) is 0.224. The van der Waals surface area contributed by atoms with Crippen molar-refractivity contribution in [2.24, 2.45) is 11.8 Å². The summed E-state index contributed by atoms with van der Waals surface area (Å²) in [6.07, 6.45) is 3.85. The average molecular weight is 769 g/mol. The summed E-state index contributed by atoms with van der Waals surface area (Å²) >= 11 is 6.86. The topological polar surface area (TPSA) is 99.5 Å². The maximum absolute atomic E-state index is 12.6. The molecule has 0 aromatic heterocycles. The first-order valence-electron chi connectivity index (χ1n) is 16.5. The molecule has 2 fully saturated rings. The molecule has 2 unspecified atom stereocenters. The lowest BCUT2D eigenvalue weighted by atomic mass is 9.81. The van der Waals surface area contributed by atoms with Crippen LogP contribution in [0.25, 0.3) is 0 Å². The molecule has 2 N–H and O–H groups in total. The van der Waals surface area contributed by atoms with Crippen molar-refractivity contribution >= 4 is 44.0 Å². The Hall–Kier alpha value is -2.14. The predicted octanol–water partition coefficient (Wildman–Crippen LogP) is 9.04. The van der Waals surface area contributed by atoms with Crippen LogP contribution in [-0.2, 0) is 9.47 Å². The Morgan fingerprint density at radius 1 is 0.652 bits per heavy atom. The number of hydrogen-bond acceptors (Lipinski definition) is 6. The van der Waals surface area contributed by atoms with Crippen LogP contribution in [0.3, 0.4) is 0 Å². The van der Waals surface area contributed by atoms with Gasteiger partial charge in [-0.2, -0.15) is 0 Å². The van der Waals surface area contributed by atoms with E-state index in [1.807, 2.05) is 62.4 Å². The van der Waals surface area contributed by atoms with E-state index in [1.165, 1.54) is 0 Å². The van der Waals surface area contributed by atoms with Crippen molar-refractivity contribution in [1.82, 2.24) is 9.80 Å². The van der Waals surface area contributed by atoms with Gasteiger partial charge in [-0.3, -0.25) is 0 Å². The van der Waals surface area contributed by atoms with E-state index >= 15 is 0 Å². The Bertz CT molecular complexity index is 1160. The van der Waals surface area contributed by atoms with Gasteiger partial charge in [0.15, 0.2) is 0 Å². The van der Waals surface area contributed by atoms with E-state index in [0.717, 1.165) is 32.9 Å². The smallest absolute Gasteiger partial charge is 0.410 e. The number of hydrogen-bond donors (Lipinski definition) is 2. The molecule has 2 aliphatic rings. The van der Waals surface area contributed by atoms with E-state index in [2.05, 4.69) is 59.6 Å². The van der Waals surface area contributed by atoms with Gasteiger partial charge in [-0.1, -0.05) is 83.8 Å². The number of nitrogens with zero attached hydrogens (tertiary/aromatic N) is 2. The molecule has 0 radical (unpaired) electrons. The summed E-state index contributed by atoms with van der Waals surface area (Å²) in [6, 6.07) is 16.0. The van der Waals surface area contributed by atoms with Crippen LogP contribution in [-0.4, -0.2) is 69.7 Å². The summed E-state index contributed by atoms with van der Waals surface area (Å²) in [4.78, 5) is 28.8. The molecule has 2 aromatic carbocycles. The number of aliphatic hydroxyl groups excluding tert-OH is 2. The van der Waals surface area contributed by atoms with Gasteiger partial charge >= 0.3 is 12.2 Å². The summed E-state index contributed by atoms with van der Waals surface area (Å²) in [7, 11) is 0. The highest BCUT2D eigenvalue weighted by atomic mass is 79.9. The first-order valence-corrected chi connectivity index (χ1v) is 18.1. The molecular formula is C36H52Br2N2O6. The Morgan fingerprint density at radius 3 is 1.24 bits per heavy atom. The van der Waals surface area contributed by atoms with Crippen LogP contribution in [0.1, 0.15) is 103 Å². The second-order valence-corrected chi connectivity index (χ2v) is 15.0. The summed E-state index contributed by atoms with van der Waals surface area (Å²) < 4.78 is 13.8. The third kappa shape index (κ3) is 9.48.